The van der Waals surface area contributed by atoms with Crippen molar-refractivity contribution in [1.29, 1.82) is 0 Å². The summed E-state index contributed by atoms with van der Waals surface area (Å²) in [5, 5.41) is 14.9. The topological polar surface area (TPSA) is 140 Å². The molecule has 0 aliphatic heterocycles. The number of ether oxygens (including phenoxy) is 2. The number of hydrogen-bond acceptors (Lipinski definition) is 8. The van der Waals surface area contributed by atoms with Crippen molar-refractivity contribution in [3.63, 3.8) is 0 Å². The predicted octanol–water partition coefficient (Wildman–Crippen LogP) is 2.95. The summed E-state index contributed by atoms with van der Waals surface area (Å²) in [6, 6.07) is 19.0. The van der Waals surface area contributed by atoms with Gasteiger partial charge in [0.25, 0.3) is 11.6 Å². The van der Waals surface area contributed by atoms with E-state index in [1.807, 2.05) is 0 Å². The molecule has 0 fully saturated rings. The van der Waals surface area contributed by atoms with Crippen molar-refractivity contribution in [2.75, 3.05) is 20.8 Å². The Morgan fingerprint density at radius 2 is 1.75 bits per heavy atom. The molecule has 36 heavy (non-hydrogen) atoms. The lowest BCUT2D eigenvalue weighted by Crippen LogP contribution is -2.39. The molecule has 1 N–H and O–H groups in total. The number of para-hydroxylation sites is 1. The van der Waals surface area contributed by atoms with Crippen LogP contribution in [0.15, 0.2) is 82.8 Å². The zero-order chi connectivity index (χ0) is 26.1. The van der Waals surface area contributed by atoms with Gasteiger partial charge in [0, 0.05) is 18.7 Å². The monoisotopic (exact) mass is 512 g/mol. The van der Waals surface area contributed by atoms with Crippen LogP contribution in [-0.2, 0) is 21.4 Å². The molecule has 0 aliphatic carbocycles. The minimum atomic E-state index is -4.24. The van der Waals surface area contributed by atoms with E-state index in [1.165, 1.54) is 44.6 Å². The zero-order valence-electron chi connectivity index (χ0n) is 19.5. The van der Waals surface area contributed by atoms with Crippen molar-refractivity contribution in [2.24, 2.45) is 5.10 Å². The molecule has 0 unspecified atom stereocenters. The van der Waals surface area contributed by atoms with Crippen molar-refractivity contribution in [3.05, 3.63) is 94.0 Å². The highest BCUT2D eigenvalue weighted by molar-refractivity contribution is 7.89. The van der Waals surface area contributed by atoms with Crippen LogP contribution in [0.4, 0.5) is 5.69 Å². The zero-order valence-corrected chi connectivity index (χ0v) is 20.3. The van der Waals surface area contributed by atoms with E-state index in [-0.39, 0.29) is 28.4 Å². The lowest BCUT2D eigenvalue weighted by atomic mass is 10.2. The van der Waals surface area contributed by atoms with Crippen molar-refractivity contribution in [3.8, 4) is 11.5 Å². The first-order chi connectivity index (χ1) is 17.3. The summed E-state index contributed by atoms with van der Waals surface area (Å²) >= 11 is 0. The van der Waals surface area contributed by atoms with E-state index in [1.54, 1.807) is 42.5 Å². The van der Waals surface area contributed by atoms with Gasteiger partial charge in [0.2, 0.25) is 10.0 Å². The number of carbonyl (C=O) groups excluding carboxylic acids is 1. The summed E-state index contributed by atoms with van der Waals surface area (Å²) in [6.45, 7) is -0.684. The van der Waals surface area contributed by atoms with Gasteiger partial charge in [0.05, 0.1) is 37.5 Å². The average Bonchev–Trinajstić information content (AvgIpc) is 2.88. The number of hydrazone groups is 1. The molecule has 0 aliphatic rings. The Labute approximate surface area is 208 Å². The maximum Gasteiger partial charge on any atom is 0.278 e. The van der Waals surface area contributed by atoms with E-state index in [9.17, 15) is 23.3 Å². The Hall–Kier alpha value is -4.29. The highest BCUT2D eigenvalue weighted by Crippen LogP contribution is 2.31. The number of nitro benzene ring substituents is 1. The quantitative estimate of drug-likeness (QED) is 0.237. The smallest absolute Gasteiger partial charge is 0.278 e. The van der Waals surface area contributed by atoms with Crippen LogP contribution >= 0.6 is 0 Å². The molecule has 0 heterocycles. The normalized spacial score (nSPS) is 11.4. The lowest BCUT2D eigenvalue weighted by Gasteiger charge is -2.23. The summed E-state index contributed by atoms with van der Waals surface area (Å²) in [4.78, 5) is 23.1. The molecule has 0 atom stereocenters. The van der Waals surface area contributed by atoms with Gasteiger partial charge >= 0.3 is 0 Å². The van der Waals surface area contributed by atoms with Gasteiger partial charge in [-0.3, -0.25) is 14.9 Å². The van der Waals surface area contributed by atoms with Crippen LogP contribution in [0, 0.1) is 10.1 Å². The largest absolute Gasteiger partial charge is 0.497 e. The lowest BCUT2D eigenvalue weighted by molar-refractivity contribution is -0.385. The third-order valence-corrected chi connectivity index (χ3v) is 6.85. The molecule has 0 spiro atoms. The van der Waals surface area contributed by atoms with Gasteiger partial charge in [-0.2, -0.15) is 9.41 Å². The molecule has 0 aromatic heterocycles. The number of rotatable bonds is 11. The van der Waals surface area contributed by atoms with Gasteiger partial charge < -0.3 is 9.47 Å². The fraction of sp³-hybridized carbons (Fsp3) is 0.167. The standard InChI is InChI=1S/C24H24N4O7S/c1-34-20-12-13-22(35-2)23(14-20)36(32,33)27(16-18-8-4-3-5-9-18)17-24(29)26-25-15-19-10-6-7-11-21(19)28(30)31/h3-15H,16-17H2,1-2H3,(H,26,29)/b25-15+. The molecule has 12 heteroatoms. The molecule has 0 radical (unpaired) electrons. The highest BCUT2D eigenvalue weighted by atomic mass is 32.2. The molecule has 3 aromatic rings. The Bertz CT molecular complexity index is 1360. The van der Waals surface area contributed by atoms with Crippen LogP contribution in [0.25, 0.3) is 0 Å². The number of nitro groups is 1. The predicted molar refractivity (Wildman–Crippen MR) is 132 cm³/mol. The fourth-order valence-electron chi connectivity index (χ4n) is 3.27. The number of sulfonamides is 1. The van der Waals surface area contributed by atoms with Crippen LogP contribution in [0.5, 0.6) is 11.5 Å². The number of nitrogens with one attached hydrogen (secondary N) is 1. The molecule has 11 nitrogen and oxygen atoms in total. The second-order valence-electron chi connectivity index (χ2n) is 7.38. The second-order valence-corrected chi connectivity index (χ2v) is 9.29. The van der Waals surface area contributed by atoms with Gasteiger partial charge in [0.1, 0.15) is 16.4 Å². The minimum absolute atomic E-state index is 0.0867. The summed E-state index contributed by atoms with van der Waals surface area (Å²) in [5.74, 6) is -0.359. The third-order valence-electron chi connectivity index (χ3n) is 5.04. The van der Waals surface area contributed by atoms with Gasteiger partial charge in [-0.25, -0.2) is 13.8 Å². The summed E-state index contributed by atoms with van der Waals surface area (Å²) in [6.07, 6.45) is 1.12. The minimum Gasteiger partial charge on any atom is -0.497 e. The van der Waals surface area contributed by atoms with Gasteiger partial charge in [-0.05, 0) is 23.8 Å². The van der Waals surface area contributed by atoms with E-state index >= 15 is 0 Å². The van der Waals surface area contributed by atoms with Gasteiger partial charge in [0.15, 0.2) is 0 Å². The van der Waals surface area contributed by atoms with E-state index in [4.69, 9.17) is 9.47 Å². The van der Waals surface area contributed by atoms with Crippen LogP contribution in [0.3, 0.4) is 0 Å². The molecule has 0 saturated heterocycles. The second kappa shape index (κ2) is 11.9. The first kappa shape index (κ1) is 26.3. The summed E-state index contributed by atoms with van der Waals surface area (Å²) < 4.78 is 38.7. The molecule has 1 amide bonds. The van der Waals surface area contributed by atoms with Crippen molar-refractivity contribution >= 4 is 27.8 Å². The van der Waals surface area contributed by atoms with E-state index in [0.717, 1.165) is 10.5 Å². The maximum absolute atomic E-state index is 13.6. The highest BCUT2D eigenvalue weighted by Gasteiger charge is 2.30. The van der Waals surface area contributed by atoms with E-state index in [0.29, 0.717) is 11.3 Å². The van der Waals surface area contributed by atoms with E-state index in [2.05, 4.69) is 10.5 Å². The Morgan fingerprint density at radius 1 is 1.06 bits per heavy atom. The van der Waals surface area contributed by atoms with Crippen LogP contribution < -0.4 is 14.9 Å². The van der Waals surface area contributed by atoms with E-state index < -0.39 is 27.4 Å². The summed E-state index contributed by atoms with van der Waals surface area (Å²) in [7, 11) is -1.49. The van der Waals surface area contributed by atoms with Gasteiger partial charge in [-0.15, -0.1) is 0 Å². The maximum atomic E-state index is 13.6. The van der Waals surface area contributed by atoms with Crippen molar-refractivity contribution < 1.29 is 27.6 Å². The number of carbonyl (C=O) groups is 1. The molecule has 188 valence electrons. The number of benzene rings is 3. The van der Waals surface area contributed by atoms with Crippen molar-refractivity contribution in [2.45, 2.75) is 11.4 Å². The number of methoxy groups -OCH3 is 2. The fourth-order valence-corrected chi connectivity index (χ4v) is 4.83. The Kier molecular flexibility index (Phi) is 8.71. The van der Waals surface area contributed by atoms with Crippen molar-refractivity contribution in [1.82, 2.24) is 9.73 Å². The Morgan fingerprint density at radius 3 is 2.42 bits per heavy atom. The number of amides is 1. The molecule has 3 rings (SSSR count). The Balaban J connectivity index is 1.88. The summed E-state index contributed by atoms with van der Waals surface area (Å²) in [5.41, 5.74) is 2.88. The third kappa shape index (κ3) is 6.43. The number of nitrogens with zero attached hydrogens (tertiary/aromatic N) is 3. The molecular weight excluding hydrogens is 488 g/mol. The van der Waals surface area contributed by atoms with Crippen LogP contribution in [-0.4, -0.2) is 50.5 Å². The SMILES string of the molecule is COc1ccc(OC)c(S(=O)(=O)N(CC(=O)N/N=C/c2ccccc2[N+](=O)[O-])Cc2ccccc2)c1. The van der Waals surface area contributed by atoms with Crippen LogP contribution in [0.1, 0.15) is 11.1 Å². The first-order valence-electron chi connectivity index (χ1n) is 10.6. The molecule has 0 bridgehead atoms. The molecular formula is C24H24N4O7S. The molecule has 3 aromatic carbocycles. The van der Waals surface area contributed by atoms with Gasteiger partial charge in [-0.1, -0.05) is 42.5 Å². The number of hydrogen-bond donors (Lipinski definition) is 1. The van der Waals surface area contributed by atoms with Crippen LogP contribution in [0.2, 0.25) is 0 Å². The first-order valence-corrected chi connectivity index (χ1v) is 12.0. The molecule has 0 saturated carbocycles. The average molecular weight is 513 g/mol.